The summed E-state index contributed by atoms with van der Waals surface area (Å²) in [5.74, 6) is 0.705. The minimum atomic E-state index is -2.24. The topological polar surface area (TPSA) is 74.3 Å². The van der Waals surface area contributed by atoms with Gasteiger partial charge in [-0.15, -0.1) is 0 Å². The van der Waals surface area contributed by atoms with Crippen LogP contribution in [-0.2, 0) is 27.9 Å². The zero-order valence-corrected chi connectivity index (χ0v) is 27.8. The van der Waals surface area contributed by atoms with Crippen molar-refractivity contribution in [2.45, 2.75) is 116 Å². The van der Waals surface area contributed by atoms with Crippen LogP contribution in [0.1, 0.15) is 53.4 Å². The molecule has 0 amide bonds. The maximum Gasteiger partial charge on any atom is 0.310 e. The molecular formula is C30H51NO6Si2. The number of fused-ring (bicyclic) bond motifs is 6. The van der Waals surface area contributed by atoms with Crippen LogP contribution in [0.3, 0.4) is 0 Å². The van der Waals surface area contributed by atoms with E-state index < -0.39 is 28.2 Å². The molecular weight excluding hydrogens is 527 g/mol. The molecule has 4 fully saturated rings. The first kappa shape index (κ1) is 29.6. The molecule has 5 rings (SSSR count). The lowest BCUT2D eigenvalue weighted by molar-refractivity contribution is -0.225. The third kappa shape index (κ3) is 5.18. The summed E-state index contributed by atoms with van der Waals surface area (Å²) in [6, 6.07) is 0.0774. The van der Waals surface area contributed by atoms with Crippen LogP contribution in [0.2, 0.25) is 31.9 Å². The third-order valence-electron chi connectivity index (χ3n) is 11.0. The first-order valence-electron chi connectivity index (χ1n) is 15.1. The molecule has 2 aliphatic heterocycles. The van der Waals surface area contributed by atoms with Gasteiger partial charge in [-0.1, -0.05) is 6.92 Å². The highest BCUT2D eigenvalue weighted by molar-refractivity contribution is 6.89. The maximum absolute atomic E-state index is 14.9. The van der Waals surface area contributed by atoms with Gasteiger partial charge in [-0.25, -0.2) is 0 Å². The van der Waals surface area contributed by atoms with Crippen molar-refractivity contribution in [2.24, 2.45) is 29.1 Å². The lowest BCUT2D eigenvalue weighted by Crippen LogP contribution is -2.66. The number of rotatable bonds is 4. The average Bonchev–Trinajstić information content (AvgIpc) is 2.83. The first-order valence-corrected chi connectivity index (χ1v) is 21.3. The summed E-state index contributed by atoms with van der Waals surface area (Å²) in [4.78, 5) is 30.3. The summed E-state index contributed by atoms with van der Waals surface area (Å²) in [5.41, 5.74) is 2.46. The zero-order chi connectivity index (χ0) is 28.7. The Morgan fingerprint density at radius 1 is 1.08 bits per heavy atom. The molecule has 0 radical (unpaired) electrons. The lowest BCUT2D eigenvalue weighted by atomic mass is 9.52. The Balaban J connectivity index is 1.57. The van der Waals surface area contributed by atoms with E-state index >= 15 is 0 Å². The van der Waals surface area contributed by atoms with Gasteiger partial charge in [-0.2, -0.15) is 0 Å². The van der Waals surface area contributed by atoms with E-state index in [1.807, 2.05) is 21.0 Å². The van der Waals surface area contributed by atoms with Crippen molar-refractivity contribution in [3.8, 4) is 0 Å². The third-order valence-corrected chi connectivity index (χ3v) is 19.6. The molecule has 3 aliphatic carbocycles. The predicted octanol–water partition coefficient (Wildman–Crippen LogP) is 4.96. The van der Waals surface area contributed by atoms with Crippen LogP contribution in [0.25, 0.3) is 0 Å². The summed E-state index contributed by atoms with van der Waals surface area (Å²) in [5, 5.41) is 0. The minimum absolute atomic E-state index is 0.0774. The largest absolute Gasteiger partial charge is 0.458 e. The van der Waals surface area contributed by atoms with Gasteiger partial charge >= 0.3 is 5.97 Å². The monoisotopic (exact) mass is 577 g/mol. The smallest absolute Gasteiger partial charge is 0.310 e. The van der Waals surface area contributed by atoms with Crippen LogP contribution < -0.4 is 0 Å². The van der Waals surface area contributed by atoms with Crippen molar-refractivity contribution >= 4 is 28.4 Å². The van der Waals surface area contributed by atoms with Crippen LogP contribution >= 0.6 is 0 Å². The zero-order valence-electron chi connectivity index (χ0n) is 25.8. The van der Waals surface area contributed by atoms with Crippen molar-refractivity contribution in [3.05, 3.63) is 11.1 Å². The van der Waals surface area contributed by atoms with E-state index in [0.717, 1.165) is 49.1 Å². The van der Waals surface area contributed by atoms with Crippen LogP contribution in [0, 0.1) is 29.1 Å². The number of ketones is 1. The van der Waals surface area contributed by atoms with E-state index in [9.17, 15) is 9.59 Å². The van der Waals surface area contributed by atoms with Gasteiger partial charge in [-0.3, -0.25) is 9.59 Å². The molecule has 10 atom stereocenters. The van der Waals surface area contributed by atoms with Gasteiger partial charge in [0.05, 0.1) is 30.1 Å². The molecule has 0 aromatic heterocycles. The summed E-state index contributed by atoms with van der Waals surface area (Å²) >= 11 is 0. The van der Waals surface area contributed by atoms with Crippen LogP contribution in [0.15, 0.2) is 11.1 Å². The molecule has 4 bridgehead atoms. The van der Waals surface area contributed by atoms with Crippen molar-refractivity contribution < 1.29 is 27.9 Å². The van der Waals surface area contributed by atoms with E-state index in [1.165, 1.54) is 0 Å². The number of carbonyl (C=O) groups excluding carboxylic acids is 2. The minimum Gasteiger partial charge on any atom is -0.458 e. The molecule has 0 N–H and O–H groups in total. The number of nitrogens with zero attached hydrogens (tertiary/aromatic N) is 1. The number of hydrogen-bond acceptors (Lipinski definition) is 7. The molecule has 2 saturated heterocycles. The molecule has 0 spiro atoms. The quantitative estimate of drug-likeness (QED) is 0.266. The Hall–Kier alpha value is -0.846. The lowest BCUT2D eigenvalue weighted by Gasteiger charge is -2.59. The van der Waals surface area contributed by atoms with Crippen molar-refractivity contribution in [2.75, 3.05) is 20.7 Å². The fourth-order valence-electron chi connectivity index (χ4n) is 8.53. The average molecular weight is 578 g/mol. The predicted molar refractivity (Wildman–Crippen MR) is 156 cm³/mol. The Labute approximate surface area is 237 Å². The molecule has 7 nitrogen and oxygen atoms in total. The van der Waals surface area contributed by atoms with Gasteiger partial charge in [-0.05, 0) is 115 Å². The second-order valence-electron chi connectivity index (χ2n) is 15.0. The second-order valence-corrected chi connectivity index (χ2v) is 23.9. The number of ether oxygens (including phenoxy) is 2. The van der Waals surface area contributed by atoms with Gasteiger partial charge in [0.1, 0.15) is 12.2 Å². The molecule has 2 heterocycles. The Morgan fingerprint density at radius 3 is 2.36 bits per heavy atom. The van der Waals surface area contributed by atoms with Crippen molar-refractivity contribution in [1.29, 1.82) is 0 Å². The van der Waals surface area contributed by atoms with E-state index in [4.69, 9.17) is 18.3 Å². The molecule has 0 aromatic carbocycles. The van der Waals surface area contributed by atoms with Crippen molar-refractivity contribution in [3.63, 3.8) is 0 Å². The van der Waals surface area contributed by atoms with E-state index in [1.54, 1.807) is 0 Å². The molecule has 9 heteroatoms. The van der Waals surface area contributed by atoms with Crippen LogP contribution in [0.5, 0.6) is 0 Å². The number of Topliss-reactive ketones (excluding diaryl/α,β-unsaturated/α-hetero) is 1. The first-order chi connectivity index (χ1) is 18.0. The fourth-order valence-corrected chi connectivity index (χ4v) is 19.4. The van der Waals surface area contributed by atoms with Crippen molar-refractivity contribution in [1.82, 2.24) is 4.90 Å². The van der Waals surface area contributed by atoms with Gasteiger partial charge in [0.2, 0.25) is 0 Å². The second kappa shape index (κ2) is 10.2. The van der Waals surface area contributed by atoms with E-state index in [0.29, 0.717) is 11.8 Å². The normalized spacial score (nSPS) is 42.5. The standard InChI is InChI=1S/C30H51NO6Si2/c1-17(19(3)31(5)6)29(33)35-24-13-20-11-21(18(24)2)27-28(32)30(4)23(12-20)22-15-34-25(22)14-26(30)36-38(7,8)16-39(9,10)37-27/h17,19-20,22-27H,11-16H2,1-10H3/t17-,19+,20?,22?,23?,24?,25?,26+,27-,30+/m1/s1. The summed E-state index contributed by atoms with van der Waals surface area (Å²) in [7, 11) is -0.357. The highest BCUT2D eigenvalue weighted by atomic mass is 28.4. The van der Waals surface area contributed by atoms with E-state index in [2.05, 4.69) is 51.9 Å². The van der Waals surface area contributed by atoms with Gasteiger partial charge in [0.25, 0.3) is 0 Å². The highest BCUT2D eigenvalue weighted by Gasteiger charge is 2.64. The highest BCUT2D eigenvalue weighted by Crippen LogP contribution is 2.58. The molecule has 5 unspecified atom stereocenters. The Kier molecular flexibility index (Phi) is 7.72. The SMILES string of the molecule is CC1=C2CC(CC1OC(=O)[C@H](C)[C@H](C)N(C)C)CC1C3COC3C[C@@H]3O[Si](C)(C)C[Si](C)(C)O[C@H]2C(=O)[C@@]13C. The summed E-state index contributed by atoms with van der Waals surface area (Å²) in [6.45, 7) is 18.1. The summed E-state index contributed by atoms with van der Waals surface area (Å²) in [6.07, 6.45) is 2.57. The molecule has 2 saturated carbocycles. The van der Waals surface area contributed by atoms with Crippen LogP contribution in [-0.4, -0.2) is 84.4 Å². The summed E-state index contributed by atoms with van der Waals surface area (Å²) < 4.78 is 26.5. The maximum atomic E-state index is 14.9. The van der Waals surface area contributed by atoms with Gasteiger partial charge < -0.3 is 23.2 Å². The molecule has 0 aromatic rings. The van der Waals surface area contributed by atoms with Gasteiger partial charge in [0.15, 0.2) is 22.4 Å². The Bertz CT molecular complexity index is 1040. The Morgan fingerprint density at radius 2 is 1.74 bits per heavy atom. The van der Waals surface area contributed by atoms with E-state index in [-0.39, 0.29) is 47.9 Å². The van der Waals surface area contributed by atoms with Gasteiger partial charge in [0, 0.05) is 12.0 Å². The molecule has 5 aliphatic rings. The fraction of sp³-hybridized carbons (Fsp3) is 0.867. The number of carbonyl (C=O) groups is 2. The molecule has 220 valence electrons. The molecule has 39 heavy (non-hydrogen) atoms. The number of esters is 1. The van der Waals surface area contributed by atoms with Crippen LogP contribution in [0.4, 0.5) is 0 Å². The number of hydrogen-bond donors (Lipinski definition) is 0.